The van der Waals surface area contributed by atoms with Crippen LogP contribution >= 0.6 is 22.9 Å². The van der Waals surface area contributed by atoms with Gasteiger partial charge in [0.15, 0.2) is 0 Å². The molecule has 0 amide bonds. The number of halogens is 1. The van der Waals surface area contributed by atoms with Crippen molar-refractivity contribution in [1.29, 1.82) is 0 Å². The standard InChI is InChI=1S/C6H12INO/c1-9-6-2-4-8(7)5-3-6/h6H,2-5H2,1H3. The van der Waals surface area contributed by atoms with Gasteiger partial charge in [0.2, 0.25) is 0 Å². The zero-order valence-corrected chi connectivity index (χ0v) is 7.80. The van der Waals surface area contributed by atoms with E-state index in [1.807, 2.05) is 0 Å². The van der Waals surface area contributed by atoms with Crippen LogP contribution in [-0.2, 0) is 4.74 Å². The lowest BCUT2D eigenvalue weighted by Crippen LogP contribution is -2.29. The van der Waals surface area contributed by atoms with Crippen LogP contribution in [0.5, 0.6) is 0 Å². The van der Waals surface area contributed by atoms with Gasteiger partial charge in [-0.05, 0) is 12.8 Å². The van der Waals surface area contributed by atoms with Crippen molar-refractivity contribution in [3.8, 4) is 0 Å². The molecule has 0 unspecified atom stereocenters. The van der Waals surface area contributed by atoms with Crippen LogP contribution in [0.25, 0.3) is 0 Å². The zero-order valence-electron chi connectivity index (χ0n) is 5.64. The summed E-state index contributed by atoms with van der Waals surface area (Å²) in [5, 5.41) is 0. The lowest BCUT2D eigenvalue weighted by molar-refractivity contribution is 0.0654. The predicted octanol–water partition coefficient (Wildman–Crippen LogP) is 1.45. The molecule has 3 heteroatoms. The molecule has 1 aliphatic rings. The SMILES string of the molecule is COC1CCN(I)CC1. The number of nitrogens with zero attached hydrogens (tertiary/aromatic N) is 1. The molecule has 0 atom stereocenters. The van der Waals surface area contributed by atoms with Gasteiger partial charge in [0.1, 0.15) is 0 Å². The maximum absolute atomic E-state index is 5.21. The fourth-order valence-electron chi connectivity index (χ4n) is 1.06. The monoisotopic (exact) mass is 241 g/mol. The first-order valence-electron chi connectivity index (χ1n) is 3.26. The summed E-state index contributed by atoms with van der Waals surface area (Å²) in [4.78, 5) is 0. The Morgan fingerprint density at radius 1 is 1.44 bits per heavy atom. The second kappa shape index (κ2) is 3.73. The van der Waals surface area contributed by atoms with E-state index in [9.17, 15) is 0 Å². The van der Waals surface area contributed by atoms with Gasteiger partial charge in [-0.15, -0.1) is 0 Å². The van der Waals surface area contributed by atoms with Crippen LogP contribution < -0.4 is 0 Å². The predicted molar refractivity (Wildman–Crippen MR) is 45.6 cm³/mol. The molecule has 0 bridgehead atoms. The third-order valence-corrected chi connectivity index (χ3v) is 2.69. The Labute approximate surface area is 70.0 Å². The normalized spacial score (nSPS) is 24.7. The molecule has 1 heterocycles. The van der Waals surface area contributed by atoms with Crippen molar-refractivity contribution in [2.24, 2.45) is 0 Å². The number of hydrogen-bond acceptors (Lipinski definition) is 2. The molecule has 0 aliphatic carbocycles. The second-order valence-corrected chi connectivity index (χ2v) is 3.71. The zero-order chi connectivity index (χ0) is 6.69. The summed E-state index contributed by atoms with van der Waals surface area (Å²) in [5.41, 5.74) is 0. The molecule has 2 nitrogen and oxygen atoms in total. The average molecular weight is 241 g/mol. The van der Waals surface area contributed by atoms with Crippen molar-refractivity contribution in [3.63, 3.8) is 0 Å². The topological polar surface area (TPSA) is 12.5 Å². The van der Waals surface area contributed by atoms with E-state index in [-0.39, 0.29) is 0 Å². The highest BCUT2D eigenvalue weighted by atomic mass is 127. The Kier molecular flexibility index (Phi) is 3.21. The highest BCUT2D eigenvalue weighted by molar-refractivity contribution is 14.1. The van der Waals surface area contributed by atoms with E-state index in [0.717, 1.165) is 0 Å². The molecule has 1 saturated heterocycles. The summed E-state index contributed by atoms with van der Waals surface area (Å²) in [7, 11) is 1.80. The van der Waals surface area contributed by atoms with E-state index < -0.39 is 0 Å². The highest BCUT2D eigenvalue weighted by Crippen LogP contribution is 2.15. The fraction of sp³-hybridized carbons (Fsp3) is 1.00. The first kappa shape index (κ1) is 7.75. The Hall–Kier alpha value is 0.650. The minimum Gasteiger partial charge on any atom is -0.381 e. The molecule has 0 saturated carbocycles. The molecular weight excluding hydrogens is 229 g/mol. The quantitative estimate of drug-likeness (QED) is 0.509. The highest BCUT2D eigenvalue weighted by Gasteiger charge is 2.15. The molecule has 0 aromatic rings. The third-order valence-electron chi connectivity index (χ3n) is 1.72. The molecule has 0 N–H and O–H groups in total. The van der Waals surface area contributed by atoms with E-state index in [0.29, 0.717) is 6.10 Å². The number of ether oxygens (including phenoxy) is 1. The molecule has 0 spiro atoms. The van der Waals surface area contributed by atoms with Crippen molar-refractivity contribution in [2.45, 2.75) is 18.9 Å². The van der Waals surface area contributed by atoms with Crippen LogP contribution in [0.1, 0.15) is 12.8 Å². The molecule has 54 valence electrons. The van der Waals surface area contributed by atoms with Gasteiger partial charge in [0.05, 0.1) is 6.10 Å². The lowest BCUT2D eigenvalue weighted by atomic mass is 10.1. The van der Waals surface area contributed by atoms with Gasteiger partial charge in [0, 0.05) is 43.1 Å². The maximum atomic E-state index is 5.21. The number of hydrogen-bond donors (Lipinski definition) is 0. The molecule has 0 radical (unpaired) electrons. The summed E-state index contributed by atoms with van der Waals surface area (Å²) in [6, 6.07) is 0. The van der Waals surface area contributed by atoms with Crippen LogP contribution in [0.4, 0.5) is 0 Å². The van der Waals surface area contributed by atoms with E-state index >= 15 is 0 Å². The van der Waals surface area contributed by atoms with Crippen molar-refractivity contribution in [1.82, 2.24) is 3.11 Å². The minimum absolute atomic E-state index is 0.524. The molecule has 9 heavy (non-hydrogen) atoms. The van der Waals surface area contributed by atoms with Gasteiger partial charge in [0.25, 0.3) is 0 Å². The van der Waals surface area contributed by atoms with Gasteiger partial charge in [-0.1, -0.05) is 0 Å². The van der Waals surface area contributed by atoms with Crippen LogP contribution in [0.3, 0.4) is 0 Å². The second-order valence-electron chi connectivity index (χ2n) is 2.34. The summed E-state index contributed by atoms with van der Waals surface area (Å²) in [5.74, 6) is 0. The molecule has 1 fully saturated rings. The van der Waals surface area contributed by atoms with Crippen LogP contribution in [0, 0.1) is 0 Å². The summed E-state index contributed by atoms with van der Waals surface area (Å²) in [6.45, 7) is 2.36. The van der Waals surface area contributed by atoms with E-state index in [2.05, 4.69) is 26.0 Å². The van der Waals surface area contributed by atoms with Gasteiger partial charge in [-0.25, -0.2) is 3.11 Å². The minimum atomic E-state index is 0.524. The van der Waals surface area contributed by atoms with E-state index in [1.54, 1.807) is 7.11 Å². The Bertz CT molecular complexity index is 81.1. The summed E-state index contributed by atoms with van der Waals surface area (Å²) in [6.07, 6.45) is 2.91. The Balaban J connectivity index is 2.18. The van der Waals surface area contributed by atoms with Crippen LogP contribution in [0.15, 0.2) is 0 Å². The number of methoxy groups -OCH3 is 1. The first-order chi connectivity index (χ1) is 4.33. The van der Waals surface area contributed by atoms with Gasteiger partial charge < -0.3 is 4.74 Å². The fourth-order valence-corrected chi connectivity index (χ4v) is 1.62. The van der Waals surface area contributed by atoms with Crippen LogP contribution in [0.2, 0.25) is 0 Å². The van der Waals surface area contributed by atoms with E-state index in [1.165, 1.54) is 25.9 Å². The molecule has 1 aliphatic heterocycles. The Morgan fingerprint density at radius 2 is 2.00 bits per heavy atom. The van der Waals surface area contributed by atoms with Gasteiger partial charge >= 0.3 is 0 Å². The summed E-state index contributed by atoms with van der Waals surface area (Å²) < 4.78 is 7.52. The van der Waals surface area contributed by atoms with Crippen molar-refractivity contribution in [3.05, 3.63) is 0 Å². The molecule has 1 rings (SSSR count). The first-order valence-corrected chi connectivity index (χ1v) is 4.23. The smallest absolute Gasteiger partial charge is 0.0596 e. The number of rotatable bonds is 1. The molecule has 0 aromatic carbocycles. The molecule has 0 aromatic heterocycles. The van der Waals surface area contributed by atoms with Crippen molar-refractivity contribution >= 4 is 22.9 Å². The molecular formula is C6H12INO. The van der Waals surface area contributed by atoms with Crippen molar-refractivity contribution < 1.29 is 4.74 Å². The average Bonchev–Trinajstić information content (AvgIpc) is 1.90. The van der Waals surface area contributed by atoms with Gasteiger partial charge in [-0.3, -0.25) is 0 Å². The number of piperidine rings is 1. The van der Waals surface area contributed by atoms with Crippen LogP contribution in [-0.4, -0.2) is 29.4 Å². The van der Waals surface area contributed by atoms with Gasteiger partial charge in [-0.2, -0.15) is 0 Å². The Morgan fingerprint density at radius 3 is 2.44 bits per heavy atom. The third kappa shape index (κ3) is 2.39. The summed E-state index contributed by atoms with van der Waals surface area (Å²) >= 11 is 2.36. The maximum Gasteiger partial charge on any atom is 0.0596 e. The lowest BCUT2D eigenvalue weighted by Gasteiger charge is -2.25. The van der Waals surface area contributed by atoms with Crippen molar-refractivity contribution in [2.75, 3.05) is 20.2 Å². The largest absolute Gasteiger partial charge is 0.381 e. The van der Waals surface area contributed by atoms with E-state index in [4.69, 9.17) is 4.74 Å².